The summed E-state index contributed by atoms with van der Waals surface area (Å²) in [5, 5.41) is 24.9. The summed E-state index contributed by atoms with van der Waals surface area (Å²) in [5.41, 5.74) is 0. The Morgan fingerprint density at radius 2 is 0.805 bits per heavy atom. The van der Waals surface area contributed by atoms with E-state index in [2.05, 4.69) is 92.1 Å². The maximum Gasteiger partial charge on any atom is 0.472 e. The molecule has 0 bridgehead atoms. The molecular formula is C67H126N2O7P+. The molecule has 4 atom stereocenters. The molecule has 0 aliphatic rings. The summed E-state index contributed by atoms with van der Waals surface area (Å²) < 4.78 is 23.7. The lowest BCUT2D eigenvalue weighted by atomic mass is 9.99. The number of quaternary nitrogens is 1. The van der Waals surface area contributed by atoms with E-state index in [1.165, 1.54) is 186 Å². The van der Waals surface area contributed by atoms with Crippen molar-refractivity contribution < 1.29 is 38.0 Å². The third-order valence-electron chi connectivity index (χ3n) is 14.6. The number of nitrogens with zero attached hydrogens (tertiary/aromatic N) is 1. The molecule has 0 spiro atoms. The van der Waals surface area contributed by atoms with Crippen LogP contribution in [0, 0.1) is 0 Å². The smallest absolute Gasteiger partial charge is 0.390 e. The van der Waals surface area contributed by atoms with Crippen LogP contribution < -0.4 is 5.32 Å². The number of carbonyl (C=O) groups excluding carboxylic acids is 1. The van der Waals surface area contributed by atoms with Gasteiger partial charge in [0.05, 0.1) is 39.9 Å². The van der Waals surface area contributed by atoms with Gasteiger partial charge in [-0.1, -0.05) is 292 Å². The Bertz CT molecular complexity index is 1500. The molecule has 0 rings (SSSR count). The molecule has 0 saturated carbocycles. The molecule has 9 nitrogen and oxygen atoms in total. The molecule has 0 aliphatic heterocycles. The van der Waals surface area contributed by atoms with Crippen LogP contribution in [-0.2, 0) is 18.4 Å². The number of hydrogen-bond donors (Lipinski definition) is 4. The maximum absolute atomic E-state index is 13.0. The van der Waals surface area contributed by atoms with Crippen molar-refractivity contribution >= 4 is 13.7 Å². The van der Waals surface area contributed by atoms with Crippen LogP contribution in [0.1, 0.15) is 290 Å². The second-order valence-electron chi connectivity index (χ2n) is 23.3. The highest BCUT2D eigenvalue weighted by molar-refractivity contribution is 7.47. The number of phosphoric acid groups is 1. The van der Waals surface area contributed by atoms with E-state index in [1.54, 1.807) is 0 Å². The lowest BCUT2D eigenvalue weighted by molar-refractivity contribution is -0.870. The van der Waals surface area contributed by atoms with Crippen LogP contribution in [-0.4, -0.2) is 84.6 Å². The zero-order valence-corrected chi connectivity index (χ0v) is 52.0. The Morgan fingerprint density at radius 3 is 1.18 bits per heavy atom. The first-order chi connectivity index (χ1) is 37.4. The number of allylic oxidation sites excluding steroid dienone is 12. The van der Waals surface area contributed by atoms with Gasteiger partial charge in [-0.2, -0.15) is 0 Å². The third-order valence-corrected chi connectivity index (χ3v) is 15.5. The van der Waals surface area contributed by atoms with Crippen LogP contribution in [0.25, 0.3) is 0 Å². The van der Waals surface area contributed by atoms with E-state index in [-0.39, 0.29) is 12.5 Å². The average molecular weight is 1100 g/mol. The lowest BCUT2D eigenvalue weighted by Crippen LogP contribution is -2.51. The van der Waals surface area contributed by atoms with Gasteiger partial charge in [-0.3, -0.25) is 13.8 Å². The molecule has 0 radical (unpaired) electrons. The summed E-state index contributed by atoms with van der Waals surface area (Å²) in [6, 6.07) is -1.03. The average Bonchev–Trinajstić information content (AvgIpc) is 3.39. The van der Waals surface area contributed by atoms with Gasteiger partial charge in [-0.15, -0.1) is 0 Å². The van der Waals surface area contributed by atoms with Crippen LogP contribution in [0.5, 0.6) is 0 Å². The van der Waals surface area contributed by atoms with Crippen molar-refractivity contribution in [2.75, 3.05) is 40.9 Å². The van der Waals surface area contributed by atoms with Crippen molar-refractivity contribution in [2.45, 2.75) is 308 Å². The molecule has 77 heavy (non-hydrogen) atoms. The number of nitrogens with one attached hydrogen (secondary N) is 1. The van der Waals surface area contributed by atoms with Gasteiger partial charge in [-0.05, 0) is 64.2 Å². The number of aliphatic hydroxyl groups is 2. The molecule has 0 heterocycles. The number of likely N-dealkylation sites (N-methyl/N-ethyl adjacent to an activating group) is 1. The van der Waals surface area contributed by atoms with Crippen LogP contribution in [0.3, 0.4) is 0 Å². The van der Waals surface area contributed by atoms with E-state index >= 15 is 0 Å². The Kier molecular flexibility index (Phi) is 55.6. The number of unbranched alkanes of at least 4 members (excludes halogenated alkanes) is 33. The van der Waals surface area contributed by atoms with E-state index in [9.17, 15) is 24.5 Å². The van der Waals surface area contributed by atoms with Crippen molar-refractivity contribution in [3.8, 4) is 0 Å². The number of phosphoric ester groups is 1. The van der Waals surface area contributed by atoms with Crippen LogP contribution in [0.2, 0.25) is 0 Å². The second-order valence-corrected chi connectivity index (χ2v) is 24.7. The topological polar surface area (TPSA) is 125 Å². The molecule has 0 aromatic rings. The minimum absolute atomic E-state index is 0.0223. The summed E-state index contributed by atoms with van der Waals surface area (Å²) >= 11 is 0. The van der Waals surface area contributed by atoms with Crippen molar-refractivity contribution in [1.82, 2.24) is 5.32 Å². The molecule has 0 aromatic heterocycles. The molecule has 4 N–H and O–H groups in total. The van der Waals surface area contributed by atoms with Crippen LogP contribution in [0.4, 0.5) is 0 Å². The molecule has 4 unspecified atom stereocenters. The molecule has 0 fully saturated rings. The monoisotopic (exact) mass is 1100 g/mol. The minimum Gasteiger partial charge on any atom is -0.390 e. The summed E-state index contributed by atoms with van der Waals surface area (Å²) in [4.78, 5) is 23.4. The van der Waals surface area contributed by atoms with Gasteiger partial charge in [0.15, 0.2) is 0 Å². The zero-order chi connectivity index (χ0) is 56.4. The maximum atomic E-state index is 13.0. The molecule has 0 saturated heterocycles. The van der Waals surface area contributed by atoms with Crippen LogP contribution in [0.15, 0.2) is 72.9 Å². The summed E-state index contributed by atoms with van der Waals surface area (Å²) in [5.74, 6) is -0.255. The molecular weight excluding hydrogens is 976 g/mol. The number of aliphatic hydroxyl groups excluding tert-OH is 2. The van der Waals surface area contributed by atoms with E-state index < -0.39 is 32.7 Å². The van der Waals surface area contributed by atoms with Crippen molar-refractivity contribution in [1.29, 1.82) is 0 Å². The third kappa shape index (κ3) is 58.4. The first kappa shape index (κ1) is 74.9. The summed E-state index contributed by atoms with van der Waals surface area (Å²) in [6.45, 7) is 4.51. The van der Waals surface area contributed by atoms with Crippen molar-refractivity contribution in [3.63, 3.8) is 0 Å². The molecule has 450 valence electrons. The van der Waals surface area contributed by atoms with Gasteiger partial charge >= 0.3 is 7.82 Å². The largest absolute Gasteiger partial charge is 0.472 e. The highest BCUT2D eigenvalue weighted by atomic mass is 31.2. The normalized spacial score (nSPS) is 14.6. The van der Waals surface area contributed by atoms with Gasteiger partial charge in [0.1, 0.15) is 19.3 Å². The van der Waals surface area contributed by atoms with Crippen LogP contribution >= 0.6 is 7.82 Å². The Balaban J connectivity index is 3.93. The molecule has 10 heteroatoms. The van der Waals surface area contributed by atoms with E-state index in [4.69, 9.17) is 9.05 Å². The lowest BCUT2D eigenvalue weighted by Gasteiger charge is -2.28. The standard InChI is InChI=1S/C67H125N2O7P/c1-6-8-10-12-14-16-18-20-21-22-23-24-25-26-27-28-29-30-31-32-33-34-35-36-37-38-39-40-41-42-43-44-45-46-47-48-50-52-54-56-58-60-66(71)68-64(63-76-77(73,74)75-62-61-69(3,4)5)67(72)65(70)59-57-55-53-51-49-19-17-15-13-11-9-7-2/h8,10,14,16,20-21,23-24,26-27,29-30,64-65,67,70,72H,6-7,9,11-13,15,17-19,22,25,28,31-63H2,1-5H3,(H-,68,71,73,74)/p+1/b10-8-,16-14-,21-20-,24-23-,27-26-,30-29-. The van der Waals surface area contributed by atoms with E-state index in [1.807, 2.05) is 21.1 Å². The first-order valence-corrected chi connectivity index (χ1v) is 33.9. The Labute approximate surface area is 477 Å². The minimum atomic E-state index is -4.42. The fraction of sp³-hybridized carbons (Fsp3) is 0.806. The van der Waals surface area contributed by atoms with E-state index in [0.29, 0.717) is 23.9 Å². The number of amides is 1. The molecule has 0 aliphatic carbocycles. The first-order valence-electron chi connectivity index (χ1n) is 32.4. The van der Waals surface area contributed by atoms with Gasteiger partial charge in [0, 0.05) is 6.42 Å². The molecule has 0 aromatic carbocycles. The number of rotatable bonds is 59. The Morgan fingerprint density at radius 1 is 0.468 bits per heavy atom. The van der Waals surface area contributed by atoms with Crippen molar-refractivity contribution in [3.05, 3.63) is 72.9 Å². The van der Waals surface area contributed by atoms with Gasteiger partial charge in [-0.25, -0.2) is 4.57 Å². The predicted octanol–water partition coefficient (Wildman–Crippen LogP) is 19.2. The van der Waals surface area contributed by atoms with E-state index in [0.717, 1.165) is 77.0 Å². The highest BCUT2D eigenvalue weighted by Crippen LogP contribution is 2.43. The number of carbonyl (C=O) groups is 1. The fourth-order valence-electron chi connectivity index (χ4n) is 9.50. The zero-order valence-electron chi connectivity index (χ0n) is 51.1. The second kappa shape index (κ2) is 57.1. The molecule has 1 amide bonds. The van der Waals surface area contributed by atoms with Gasteiger partial charge in [0.25, 0.3) is 0 Å². The highest BCUT2D eigenvalue weighted by Gasteiger charge is 2.32. The summed E-state index contributed by atoms with van der Waals surface area (Å²) in [6.07, 6.45) is 75.9. The number of hydrogen-bond acceptors (Lipinski definition) is 6. The quantitative estimate of drug-likeness (QED) is 0.0207. The fourth-order valence-corrected chi connectivity index (χ4v) is 10.2. The van der Waals surface area contributed by atoms with Crippen molar-refractivity contribution in [2.24, 2.45) is 0 Å². The van der Waals surface area contributed by atoms with Gasteiger partial charge < -0.3 is 24.9 Å². The summed E-state index contributed by atoms with van der Waals surface area (Å²) in [7, 11) is 1.44. The SMILES string of the molecule is CC/C=C\C/C=C\C/C=C\C/C=C\C/C=C\C/C=C\CCCCCCCCCCCCCCCCCCCCCCCCC(=O)NC(COP(=O)(O)OCC[N+](C)(C)C)C(O)C(O)CCCCCCCCCCCCCC. The van der Waals surface area contributed by atoms with Gasteiger partial charge in [0.2, 0.25) is 5.91 Å². The Hall–Kier alpha value is -2.10. The predicted molar refractivity (Wildman–Crippen MR) is 333 cm³/mol.